The van der Waals surface area contributed by atoms with Crippen molar-refractivity contribution < 1.29 is 19.1 Å². The van der Waals surface area contributed by atoms with Gasteiger partial charge in [-0.15, -0.1) is 0 Å². The lowest BCUT2D eigenvalue weighted by atomic mass is 10.1. The molecule has 0 radical (unpaired) electrons. The van der Waals surface area contributed by atoms with E-state index in [0.717, 1.165) is 11.1 Å². The van der Waals surface area contributed by atoms with E-state index in [1.165, 1.54) is 19.2 Å². The Morgan fingerprint density at radius 1 is 1.20 bits per heavy atom. The minimum atomic E-state index is -0.648. The molecule has 2 amide bonds. The van der Waals surface area contributed by atoms with Gasteiger partial charge in [0.15, 0.2) is 18.1 Å². The molecule has 3 N–H and O–H groups in total. The van der Waals surface area contributed by atoms with E-state index in [1.807, 2.05) is 41.2 Å². The number of amides is 2. The molecule has 1 aromatic heterocycles. The third-order valence-corrected chi connectivity index (χ3v) is 4.51. The van der Waals surface area contributed by atoms with Gasteiger partial charge >= 0.3 is 0 Å². The highest BCUT2D eigenvalue weighted by Crippen LogP contribution is 2.36. The summed E-state index contributed by atoms with van der Waals surface area (Å²) in [5.41, 5.74) is 7.44. The Balaban J connectivity index is 1.62. The average Bonchev–Trinajstić information content (AvgIpc) is 3.24. The zero-order valence-electron chi connectivity index (χ0n) is 16.3. The number of rotatable bonds is 9. The first-order valence-corrected chi connectivity index (χ1v) is 9.46. The summed E-state index contributed by atoms with van der Waals surface area (Å²) in [4.78, 5) is 23.5. The van der Waals surface area contributed by atoms with Gasteiger partial charge in [0.05, 0.1) is 18.7 Å². The van der Waals surface area contributed by atoms with Crippen LogP contribution in [0, 0.1) is 0 Å². The smallest absolute Gasteiger partial charge is 0.255 e. The molecule has 0 fully saturated rings. The van der Waals surface area contributed by atoms with Crippen molar-refractivity contribution in [3.63, 3.8) is 0 Å². The quantitative estimate of drug-likeness (QED) is 0.544. The Morgan fingerprint density at radius 2 is 1.93 bits per heavy atom. The van der Waals surface area contributed by atoms with Crippen LogP contribution in [-0.4, -0.2) is 35.3 Å². The van der Waals surface area contributed by atoms with Crippen LogP contribution in [0.15, 0.2) is 54.9 Å². The van der Waals surface area contributed by atoms with E-state index in [2.05, 4.69) is 10.4 Å². The van der Waals surface area contributed by atoms with Gasteiger partial charge in [-0.1, -0.05) is 35.9 Å². The number of methoxy groups -OCH3 is 1. The van der Waals surface area contributed by atoms with Gasteiger partial charge in [0, 0.05) is 24.5 Å². The van der Waals surface area contributed by atoms with Crippen LogP contribution in [0.1, 0.15) is 21.5 Å². The minimum Gasteiger partial charge on any atom is -0.493 e. The fourth-order valence-electron chi connectivity index (χ4n) is 2.76. The van der Waals surface area contributed by atoms with E-state index in [9.17, 15) is 9.59 Å². The third-order valence-electron chi connectivity index (χ3n) is 4.23. The van der Waals surface area contributed by atoms with Gasteiger partial charge in [0.2, 0.25) is 0 Å². The fraction of sp³-hybridized carbons (Fsp3) is 0.190. The van der Waals surface area contributed by atoms with E-state index in [-0.39, 0.29) is 29.0 Å². The number of hydrogen-bond donors (Lipinski definition) is 2. The number of carbonyl (C=O) groups excluding carboxylic acids is 2. The third kappa shape index (κ3) is 5.51. The summed E-state index contributed by atoms with van der Waals surface area (Å²) in [6, 6.07) is 12.7. The van der Waals surface area contributed by atoms with Crippen molar-refractivity contribution in [2.75, 3.05) is 13.7 Å². The van der Waals surface area contributed by atoms with Crippen LogP contribution in [0.2, 0.25) is 5.02 Å². The fourth-order valence-corrected chi connectivity index (χ4v) is 3.03. The largest absolute Gasteiger partial charge is 0.493 e. The first-order chi connectivity index (χ1) is 14.5. The molecule has 156 valence electrons. The molecule has 0 aliphatic carbocycles. The number of primary amides is 1. The highest BCUT2D eigenvalue weighted by molar-refractivity contribution is 6.32. The summed E-state index contributed by atoms with van der Waals surface area (Å²) >= 11 is 6.19. The Hall–Kier alpha value is -3.52. The topological polar surface area (TPSA) is 108 Å². The summed E-state index contributed by atoms with van der Waals surface area (Å²) in [6.45, 7) is 0.681. The molecular weight excluding hydrogens is 408 g/mol. The monoisotopic (exact) mass is 428 g/mol. The van der Waals surface area contributed by atoms with Crippen LogP contribution in [0.3, 0.4) is 0 Å². The molecule has 3 rings (SSSR count). The molecule has 0 saturated carbocycles. The molecular formula is C21H21ClN4O4. The lowest BCUT2D eigenvalue weighted by Crippen LogP contribution is -2.23. The van der Waals surface area contributed by atoms with Gasteiger partial charge in [-0.25, -0.2) is 0 Å². The molecule has 1 heterocycles. The number of nitrogens with two attached hydrogens (primary N) is 1. The number of nitrogens with zero attached hydrogens (tertiary/aromatic N) is 2. The molecule has 0 aliphatic rings. The number of carbonyl (C=O) groups is 2. The standard InChI is InChI=1S/C21H21ClN4O4/c1-29-18-10-16(9-17(22)20(18)30-13-19(23)27)21(28)24-11-14-3-5-15(6-4-14)12-26-8-2-7-25-26/h2-10H,11-13H2,1H3,(H2,23,27)(H,24,28). The van der Waals surface area contributed by atoms with Gasteiger partial charge in [-0.2, -0.15) is 5.10 Å². The van der Waals surface area contributed by atoms with Crippen molar-refractivity contribution in [2.45, 2.75) is 13.1 Å². The Kier molecular flexibility index (Phi) is 6.92. The maximum Gasteiger partial charge on any atom is 0.255 e. The van der Waals surface area contributed by atoms with Crippen molar-refractivity contribution >= 4 is 23.4 Å². The normalized spacial score (nSPS) is 10.5. The maximum absolute atomic E-state index is 12.5. The van der Waals surface area contributed by atoms with Crippen molar-refractivity contribution in [2.24, 2.45) is 5.73 Å². The first-order valence-electron chi connectivity index (χ1n) is 9.08. The molecule has 0 atom stereocenters. The summed E-state index contributed by atoms with van der Waals surface area (Å²) in [6.07, 6.45) is 3.64. The predicted octanol–water partition coefficient (Wildman–Crippen LogP) is 2.39. The molecule has 0 saturated heterocycles. The Labute approximate surface area is 178 Å². The summed E-state index contributed by atoms with van der Waals surface area (Å²) in [5, 5.41) is 7.17. The van der Waals surface area contributed by atoms with E-state index in [1.54, 1.807) is 6.20 Å². The van der Waals surface area contributed by atoms with Crippen LogP contribution in [-0.2, 0) is 17.9 Å². The van der Waals surface area contributed by atoms with E-state index in [0.29, 0.717) is 18.7 Å². The van der Waals surface area contributed by atoms with Crippen LogP contribution in [0.25, 0.3) is 0 Å². The van der Waals surface area contributed by atoms with E-state index >= 15 is 0 Å². The van der Waals surface area contributed by atoms with Crippen LogP contribution < -0.4 is 20.5 Å². The van der Waals surface area contributed by atoms with E-state index in [4.69, 9.17) is 26.8 Å². The lowest BCUT2D eigenvalue weighted by molar-refractivity contribution is -0.119. The van der Waals surface area contributed by atoms with Crippen molar-refractivity contribution in [1.82, 2.24) is 15.1 Å². The highest BCUT2D eigenvalue weighted by atomic mass is 35.5. The second-order valence-corrected chi connectivity index (χ2v) is 6.85. The molecule has 0 unspecified atom stereocenters. The minimum absolute atomic E-state index is 0.142. The molecule has 0 aliphatic heterocycles. The van der Waals surface area contributed by atoms with Crippen molar-refractivity contribution in [1.29, 1.82) is 0 Å². The van der Waals surface area contributed by atoms with Gasteiger partial charge in [-0.3, -0.25) is 14.3 Å². The lowest BCUT2D eigenvalue weighted by Gasteiger charge is -2.13. The molecule has 0 spiro atoms. The number of aromatic nitrogens is 2. The predicted molar refractivity (Wildman–Crippen MR) is 112 cm³/mol. The van der Waals surface area contributed by atoms with Gasteiger partial charge < -0.3 is 20.5 Å². The number of halogens is 1. The maximum atomic E-state index is 12.5. The average molecular weight is 429 g/mol. The van der Waals surface area contributed by atoms with Crippen molar-refractivity contribution in [3.05, 3.63) is 76.6 Å². The SMILES string of the molecule is COc1cc(C(=O)NCc2ccc(Cn3cccn3)cc2)cc(Cl)c1OCC(N)=O. The van der Waals surface area contributed by atoms with Gasteiger partial charge in [0.1, 0.15) is 0 Å². The number of nitrogens with one attached hydrogen (secondary N) is 1. The van der Waals surface area contributed by atoms with Gasteiger partial charge in [-0.05, 0) is 29.3 Å². The number of hydrogen-bond acceptors (Lipinski definition) is 5. The second kappa shape index (κ2) is 9.80. The summed E-state index contributed by atoms with van der Waals surface area (Å²) in [5.74, 6) is -0.581. The van der Waals surface area contributed by atoms with Crippen LogP contribution >= 0.6 is 11.6 Å². The summed E-state index contributed by atoms with van der Waals surface area (Å²) in [7, 11) is 1.41. The summed E-state index contributed by atoms with van der Waals surface area (Å²) < 4.78 is 12.3. The van der Waals surface area contributed by atoms with Crippen LogP contribution in [0.4, 0.5) is 0 Å². The molecule has 2 aromatic carbocycles. The molecule has 30 heavy (non-hydrogen) atoms. The van der Waals surface area contributed by atoms with Crippen molar-refractivity contribution in [3.8, 4) is 11.5 Å². The molecule has 9 heteroatoms. The molecule has 3 aromatic rings. The first kappa shape index (κ1) is 21.2. The van der Waals surface area contributed by atoms with Crippen LogP contribution in [0.5, 0.6) is 11.5 Å². The molecule has 0 bridgehead atoms. The second-order valence-electron chi connectivity index (χ2n) is 6.45. The number of ether oxygens (including phenoxy) is 2. The number of benzene rings is 2. The highest BCUT2D eigenvalue weighted by Gasteiger charge is 2.16. The zero-order chi connectivity index (χ0) is 21.5. The van der Waals surface area contributed by atoms with Gasteiger partial charge in [0.25, 0.3) is 11.8 Å². The Bertz CT molecular complexity index is 1020. The molecule has 8 nitrogen and oxygen atoms in total. The Morgan fingerprint density at radius 3 is 2.57 bits per heavy atom. The van der Waals surface area contributed by atoms with E-state index < -0.39 is 5.91 Å². The zero-order valence-corrected chi connectivity index (χ0v) is 17.1.